The summed E-state index contributed by atoms with van der Waals surface area (Å²) >= 11 is 0. The number of carbonyl (C=O) groups excluding carboxylic acids is 2. The summed E-state index contributed by atoms with van der Waals surface area (Å²) in [6, 6.07) is 14.6. The van der Waals surface area contributed by atoms with Crippen molar-refractivity contribution in [2.24, 2.45) is 5.92 Å². The molecule has 0 fully saturated rings. The molecule has 178 valence electrons. The molecular formula is C26H35N3O4. The largest absolute Gasteiger partial charge is 0.480 e. The summed E-state index contributed by atoms with van der Waals surface area (Å²) in [5, 5.41) is 18.0. The van der Waals surface area contributed by atoms with Crippen LogP contribution in [0.2, 0.25) is 0 Å². The van der Waals surface area contributed by atoms with Gasteiger partial charge in [0.05, 0.1) is 6.04 Å². The first-order chi connectivity index (χ1) is 15.7. The third-order valence-corrected chi connectivity index (χ3v) is 5.48. The molecule has 0 aliphatic carbocycles. The van der Waals surface area contributed by atoms with Crippen LogP contribution in [0.4, 0.5) is 5.69 Å². The summed E-state index contributed by atoms with van der Waals surface area (Å²) in [4.78, 5) is 37.5. The highest BCUT2D eigenvalue weighted by atomic mass is 16.4. The summed E-state index contributed by atoms with van der Waals surface area (Å²) in [6.45, 7) is 7.47. The average molecular weight is 454 g/mol. The van der Waals surface area contributed by atoms with Crippen LogP contribution in [-0.2, 0) is 20.8 Å². The number of hydrogen-bond donors (Lipinski definition) is 4. The molecule has 2 amide bonds. The molecule has 3 atom stereocenters. The molecule has 2 rings (SSSR count). The SMILES string of the molecule is Cc1ccccc1CC[C@H](N[C@H](C)C(=O)O)C(=O)N[C@@H](CC(C)C)C(=O)Nc1ccccc1. The van der Waals surface area contributed by atoms with Gasteiger partial charge in [0, 0.05) is 5.69 Å². The Morgan fingerprint density at radius 3 is 2.12 bits per heavy atom. The van der Waals surface area contributed by atoms with Crippen LogP contribution >= 0.6 is 0 Å². The van der Waals surface area contributed by atoms with Crippen molar-refractivity contribution in [2.45, 2.75) is 65.1 Å². The third-order valence-electron chi connectivity index (χ3n) is 5.48. The minimum absolute atomic E-state index is 0.174. The Bertz CT molecular complexity index is 930. The zero-order valence-electron chi connectivity index (χ0n) is 19.8. The molecule has 0 saturated heterocycles. The number of carbonyl (C=O) groups is 3. The van der Waals surface area contributed by atoms with E-state index < -0.39 is 24.1 Å². The van der Waals surface area contributed by atoms with Crippen LogP contribution in [-0.4, -0.2) is 41.0 Å². The Labute approximate surface area is 196 Å². The molecule has 0 aliphatic rings. The number of amides is 2. The fourth-order valence-electron chi connectivity index (χ4n) is 3.58. The molecule has 0 aliphatic heterocycles. The van der Waals surface area contributed by atoms with Crippen LogP contribution in [0.1, 0.15) is 44.7 Å². The lowest BCUT2D eigenvalue weighted by molar-refractivity contribution is -0.139. The average Bonchev–Trinajstić information content (AvgIpc) is 2.77. The van der Waals surface area contributed by atoms with Gasteiger partial charge in [0.15, 0.2) is 0 Å². The van der Waals surface area contributed by atoms with Gasteiger partial charge in [-0.3, -0.25) is 19.7 Å². The first kappa shape index (κ1) is 26.1. The van der Waals surface area contributed by atoms with E-state index in [1.54, 1.807) is 12.1 Å². The smallest absolute Gasteiger partial charge is 0.320 e. The van der Waals surface area contributed by atoms with Crippen molar-refractivity contribution < 1.29 is 19.5 Å². The number of benzene rings is 2. The number of carboxylic acids is 1. The van der Waals surface area contributed by atoms with E-state index in [-0.39, 0.29) is 17.7 Å². The molecular weight excluding hydrogens is 418 g/mol. The van der Waals surface area contributed by atoms with Gasteiger partial charge in [0.2, 0.25) is 11.8 Å². The van der Waals surface area contributed by atoms with Gasteiger partial charge in [-0.05, 0) is 62.3 Å². The van der Waals surface area contributed by atoms with Crippen molar-refractivity contribution >= 4 is 23.5 Å². The first-order valence-corrected chi connectivity index (χ1v) is 11.4. The molecule has 0 spiro atoms. The van der Waals surface area contributed by atoms with E-state index in [1.165, 1.54) is 6.92 Å². The first-order valence-electron chi connectivity index (χ1n) is 11.4. The maximum absolute atomic E-state index is 13.2. The maximum Gasteiger partial charge on any atom is 0.320 e. The van der Waals surface area contributed by atoms with E-state index >= 15 is 0 Å². The predicted octanol–water partition coefficient (Wildman–Crippen LogP) is 3.53. The highest BCUT2D eigenvalue weighted by Crippen LogP contribution is 2.14. The Balaban J connectivity index is 2.15. The molecule has 2 aromatic rings. The summed E-state index contributed by atoms with van der Waals surface area (Å²) in [5.41, 5.74) is 2.86. The fraction of sp³-hybridized carbons (Fsp3) is 0.423. The fourth-order valence-corrected chi connectivity index (χ4v) is 3.58. The van der Waals surface area contributed by atoms with E-state index in [0.29, 0.717) is 24.9 Å². The van der Waals surface area contributed by atoms with E-state index in [0.717, 1.165) is 11.1 Å². The van der Waals surface area contributed by atoms with E-state index in [9.17, 15) is 19.5 Å². The van der Waals surface area contributed by atoms with Crippen molar-refractivity contribution in [3.63, 3.8) is 0 Å². The minimum Gasteiger partial charge on any atom is -0.480 e. The van der Waals surface area contributed by atoms with Gasteiger partial charge in [0.25, 0.3) is 0 Å². The second-order valence-corrected chi connectivity index (χ2v) is 8.79. The van der Waals surface area contributed by atoms with Gasteiger partial charge in [-0.1, -0.05) is 56.3 Å². The van der Waals surface area contributed by atoms with E-state index in [4.69, 9.17) is 0 Å². The molecule has 0 unspecified atom stereocenters. The van der Waals surface area contributed by atoms with Gasteiger partial charge in [0.1, 0.15) is 12.1 Å². The molecule has 0 saturated carbocycles. The third kappa shape index (κ3) is 8.69. The van der Waals surface area contributed by atoms with Gasteiger partial charge in [-0.25, -0.2) is 0 Å². The van der Waals surface area contributed by atoms with E-state index in [1.807, 2.05) is 63.2 Å². The topological polar surface area (TPSA) is 108 Å². The molecule has 7 nitrogen and oxygen atoms in total. The number of anilines is 1. The quantitative estimate of drug-likeness (QED) is 0.393. The van der Waals surface area contributed by atoms with Crippen molar-refractivity contribution in [3.05, 3.63) is 65.7 Å². The summed E-state index contributed by atoms with van der Waals surface area (Å²) in [5.74, 6) is -1.55. The highest BCUT2D eigenvalue weighted by molar-refractivity contribution is 5.97. The maximum atomic E-state index is 13.2. The zero-order valence-corrected chi connectivity index (χ0v) is 19.8. The summed E-state index contributed by atoms with van der Waals surface area (Å²) in [7, 11) is 0. The molecule has 2 aromatic carbocycles. The normalized spacial score (nSPS) is 13.7. The van der Waals surface area contributed by atoms with Crippen LogP contribution in [0.3, 0.4) is 0 Å². The van der Waals surface area contributed by atoms with Crippen molar-refractivity contribution in [2.75, 3.05) is 5.32 Å². The number of aryl methyl sites for hydroxylation is 2. The molecule has 33 heavy (non-hydrogen) atoms. The lowest BCUT2D eigenvalue weighted by Gasteiger charge is -2.25. The number of nitrogens with one attached hydrogen (secondary N) is 3. The minimum atomic E-state index is -1.04. The molecule has 7 heteroatoms. The monoisotopic (exact) mass is 453 g/mol. The van der Waals surface area contributed by atoms with Crippen LogP contribution in [0.5, 0.6) is 0 Å². The lowest BCUT2D eigenvalue weighted by Crippen LogP contribution is -2.54. The Morgan fingerprint density at radius 2 is 1.52 bits per heavy atom. The second kappa shape index (κ2) is 12.7. The molecule has 0 radical (unpaired) electrons. The van der Waals surface area contributed by atoms with Gasteiger partial charge in [-0.15, -0.1) is 0 Å². The standard InChI is InChI=1S/C26H35N3O4/c1-17(2)16-23(25(31)28-21-12-6-5-7-13-21)29-24(30)22(27-19(4)26(32)33)15-14-20-11-9-8-10-18(20)3/h5-13,17,19,22-23,27H,14-16H2,1-4H3,(H,28,31)(H,29,30)(H,32,33)/t19-,22+,23+/m1/s1. The Kier molecular flexibility index (Phi) is 10.1. The van der Waals surface area contributed by atoms with Gasteiger partial charge in [-0.2, -0.15) is 0 Å². The van der Waals surface area contributed by atoms with Crippen LogP contribution in [0.15, 0.2) is 54.6 Å². The number of hydrogen-bond acceptors (Lipinski definition) is 4. The lowest BCUT2D eigenvalue weighted by atomic mass is 9.99. The van der Waals surface area contributed by atoms with Crippen LogP contribution in [0.25, 0.3) is 0 Å². The second-order valence-electron chi connectivity index (χ2n) is 8.79. The highest BCUT2D eigenvalue weighted by Gasteiger charge is 2.28. The summed E-state index contributed by atoms with van der Waals surface area (Å²) in [6.07, 6.45) is 1.47. The predicted molar refractivity (Wildman–Crippen MR) is 130 cm³/mol. The van der Waals surface area contributed by atoms with Crippen molar-refractivity contribution in [3.8, 4) is 0 Å². The molecule has 0 aromatic heterocycles. The number of carboxylic acid groups (broad SMARTS) is 1. The van der Waals surface area contributed by atoms with Crippen LogP contribution < -0.4 is 16.0 Å². The number of para-hydroxylation sites is 1. The van der Waals surface area contributed by atoms with Crippen LogP contribution in [0, 0.1) is 12.8 Å². The number of aliphatic carboxylic acids is 1. The Morgan fingerprint density at radius 1 is 0.879 bits per heavy atom. The van der Waals surface area contributed by atoms with Crippen molar-refractivity contribution in [1.82, 2.24) is 10.6 Å². The zero-order chi connectivity index (χ0) is 24.4. The number of rotatable bonds is 12. The van der Waals surface area contributed by atoms with Gasteiger partial charge < -0.3 is 15.7 Å². The molecule has 4 N–H and O–H groups in total. The Hall–Kier alpha value is -3.19. The van der Waals surface area contributed by atoms with Crippen molar-refractivity contribution in [1.29, 1.82) is 0 Å². The summed E-state index contributed by atoms with van der Waals surface area (Å²) < 4.78 is 0. The van der Waals surface area contributed by atoms with E-state index in [2.05, 4.69) is 16.0 Å². The van der Waals surface area contributed by atoms with Gasteiger partial charge >= 0.3 is 5.97 Å². The molecule has 0 heterocycles. The molecule has 0 bridgehead atoms.